The Morgan fingerprint density at radius 1 is 1.28 bits per heavy atom. The van der Waals surface area contributed by atoms with Crippen molar-refractivity contribution in [2.24, 2.45) is 5.92 Å². The van der Waals surface area contributed by atoms with Crippen LogP contribution in [-0.2, 0) is 4.79 Å². The third-order valence-corrected chi connectivity index (χ3v) is 2.67. The van der Waals surface area contributed by atoms with Gasteiger partial charge in [-0.25, -0.2) is 0 Å². The van der Waals surface area contributed by atoms with Gasteiger partial charge in [-0.3, -0.25) is 4.79 Å². The number of benzene rings is 1. The maximum absolute atomic E-state index is 11.6. The summed E-state index contributed by atoms with van der Waals surface area (Å²) in [5, 5.41) is 3.55. The van der Waals surface area contributed by atoms with Gasteiger partial charge in [-0.1, -0.05) is 25.4 Å². The van der Waals surface area contributed by atoms with E-state index in [1.54, 1.807) is 24.3 Å². The van der Waals surface area contributed by atoms with E-state index in [0.29, 0.717) is 16.7 Å². The highest BCUT2D eigenvalue weighted by atomic mass is 35.5. The van der Waals surface area contributed by atoms with Gasteiger partial charge < -0.3 is 10.1 Å². The van der Waals surface area contributed by atoms with E-state index in [2.05, 4.69) is 19.2 Å². The van der Waals surface area contributed by atoms with Crippen LogP contribution in [0.5, 0.6) is 5.75 Å². The molecule has 3 nitrogen and oxygen atoms in total. The molecule has 0 spiro atoms. The first kappa shape index (κ1) is 14.8. The van der Waals surface area contributed by atoms with Crippen molar-refractivity contribution in [2.45, 2.75) is 33.2 Å². The van der Waals surface area contributed by atoms with E-state index in [1.165, 1.54) is 0 Å². The number of amides is 1. The Morgan fingerprint density at radius 2 is 1.89 bits per heavy atom. The van der Waals surface area contributed by atoms with Gasteiger partial charge in [-0.15, -0.1) is 0 Å². The van der Waals surface area contributed by atoms with Gasteiger partial charge in [0.15, 0.2) is 6.61 Å². The molecule has 4 heteroatoms. The molecule has 100 valence electrons. The van der Waals surface area contributed by atoms with Crippen molar-refractivity contribution in [2.75, 3.05) is 6.61 Å². The fraction of sp³-hybridized carbons (Fsp3) is 0.500. The highest BCUT2D eigenvalue weighted by molar-refractivity contribution is 6.30. The lowest BCUT2D eigenvalue weighted by Gasteiger charge is -2.16. The molecule has 1 amide bonds. The van der Waals surface area contributed by atoms with Gasteiger partial charge in [0, 0.05) is 11.1 Å². The van der Waals surface area contributed by atoms with Crippen molar-refractivity contribution in [3.8, 4) is 5.75 Å². The Bertz CT molecular complexity index is 376. The molecule has 0 aromatic heterocycles. The van der Waals surface area contributed by atoms with Crippen LogP contribution in [0.25, 0.3) is 0 Å². The minimum Gasteiger partial charge on any atom is -0.484 e. The quantitative estimate of drug-likeness (QED) is 0.861. The van der Waals surface area contributed by atoms with Crippen molar-refractivity contribution >= 4 is 17.5 Å². The first-order valence-electron chi connectivity index (χ1n) is 6.15. The monoisotopic (exact) mass is 269 g/mol. The Labute approximate surface area is 113 Å². The molecule has 1 aromatic carbocycles. The number of carbonyl (C=O) groups is 1. The number of hydrogen-bond acceptors (Lipinski definition) is 2. The maximum Gasteiger partial charge on any atom is 0.258 e. The Hall–Kier alpha value is -1.22. The Balaban J connectivity index is 2.30. The average molecular weight is 270 g/mol. The lowest BCUT2D eigenvalue weighted by atomic mass is 10.1. The molecule has 1 aromatic rings. The molecule has 0 fully saturated rings. The number of halogens is 1. The van der Waals surface area contributed by atoms with Gasteiger partial charge in [-0.05, 0) is 43.5 Å². The molecule has 1 atom stereocenters. The van der Waals surface area contributed by atoms with E-state index in [-0.39, 0.29) is 18.6 Å². The van der Waals surface area contributed by atoms with Crippen LogP contribution < -0.4 is 10.1 Å². The molecule has 1 rings (SSSR count). The molecule has 0 aliphatic rings. The molecule has 18 heavy (non-hydrogen) atoms. The average Bonchev–Trinajstić information content (AvgIpc) is 2.27. The summed E-state index contributed by atoms with van der Waals surface area (Å²) < 4.78 is 5.36. The Morgan fingerprint density at radius 3 is 2.44 bits per heavy atom. The summed E-state index contributed by atoms with van der Waals surface area (Å²) in [6.07, 6.45) is 0.965. The molecule has 0 aliphatic carbocycles. The topological polar surface area (TPSA) is 38.3 Å². The predicted octanol–water partition coefficient (Wildman–Crippen LogP) is 3.27. The molecule has 0 saturated heterocycles. The lowest BCUT2D eigenvalue weighted by molar-refractivity contribution is -0.123. The van der Waals surface area contributed by atoms with E-state index >= 15 is 0 Å². The largest absolute Gasteiger partial charge is 0.484 e. The molecular formula is C14H20ClNO2. The molecule has 1 N–H and O–H groups in total. The number of hydrogen-bond donors (Lipinski definition) is 1. The summed E-state index contributed by atoms with van der Waals surface area (Å²) in [4.78, 5) is 11.6. The summed E-state index contributed by atoms with van der Waals surface area (Å²) in [7, 11) is 0. The van der Waals surface area contributed by atoms with Crippen LogP contribution in [0.4, 0.5) is 0 Å². The first-order chi connectivity index (χ1) is 8.47. The molecule has 0 saturated carbocycles. The van der Waals surface area contributed by atoms with Gasteiger partial charge in [0.05, 0.1) is 0 Å². The predicted molar refractivity (Wildman–Crippen MR) is 74.0 cm³/mol. The molecule has 0 bridgehead atoms. The number of ether oxygens (including phenoxy) is 1. The second-order valence-electron chi connectivity index (χ2n) is 4.84. The summed E-state index contributed by atoms with van der Waals surface area (Å²) in [6, 6.07) is 7.12. The van der Waals surface area contributed by atoms with Crippen molar-refractivity contribution in [1.82, 2.24) is 5.32 Å². The third-order valence-electron chi connectivity index (χ3n) is 2.42. The summed E-state index contributed by atoms with van der Waals surface area (Å²) in [5.41, 5.74) is 0. The SMILES string of the molecule is CC(C)C[C@@H](C)NC(=O)COc1ccc(Cl)cc1. The highest BCUT2D eigenvalue weighted by Crippen LogP contribution is 2.15. The molecule has 0 heterocycles. The van der Waals surface area contributed by atoms with Crippen LogP contribution in [0.3, 0.4) is 0 Å². The van der Waals surface area contributed by atoms with Gasteiger partial charge in [0.1, 0.15) is 5.75 Å². The van der Waals surface area contributed by atoms with Gasteiger partial charge in [0.2, 0.25) is 0 Å². The summed E-state index contributed by atoms with van der Waals surface area (Å²) in [6.45, 7) is 6.30. The minimum absolute atomic E-state index is 0.0318. The normalized spacial score (nSPS) is 12.3. The highest BCUT2D eigenvalue weighted by Gasteiger charge is 2.09. The smallest absolute Gasteiger partial charge is 0.258 e. The van der Waals surface area contributed by atoms with Crippen LogP contribution in [-0.4, -0.2) is 18.6 Å². The van der Waals surface area contributed by atoms with Crippen LogP contribution in [0, 0.1) is 5.92 Å². The van der Waals surface area contributed by atoms with Gasteiger partial charge in [0.25, 0.3) is 5.91 Å². The van der Waals surface area contributed by atoms with Crippen LogP contribution in [0.2, 0.25) is 5.02 Å². The van der Waals surface area contributed by atoms with Crippen LogP contribution in [0.1, 0.15) is 27.2 Å². The van der Waals surface area contributed by atoms with Crippen molar-refractivity contribution in [3.63, 3.8) is 0 Å². The Kier molecular flexibility index (Phi) is 5.99. The van der Waals surface area contributed by atoms with Crippen LogP contribution >= 0.6 is 11.6 Å². The fourth-order valence-electron chi connectivity index (χ4n) is 1.76. The standard InChI is InChI=1S/C14H20ClNO2/c1-10(2)8-11(3)16-14(17)9-18-13-6-4-12(15)5-7-13/h4-7,10-11H,8-9H2,1-3H3,(H,16,17)/t11-/m1/s1. The van der Waals surface area contributed by atoms with Crippen molar-refractivity contribution in [3.05, 3.63) is 29.3 Å². The molecule has 0 aliphatic heterocycles. The van der Waals surface area contributed by atoms with Crippen molar-refractivity contribution in [1.29, 1.82) is 0 Å². The number of nitrogens with one attached hydrogen (secondary N) is 1. The van der Waals surface area contributed by atoms with Gasteiger partial charge >= 0.3 is 0 Å². The van der Waals surface area contributed by atoms with E-state index in [1.807, 2.05) is 6.92 Å². The molecule has 0 radical (unpaired) electrons. The van der Waals surface area contributed by atoms with Crippen LogP contribution in [0.15, 0.2) is 24.3 Å². The maximum atomic E-state index is 11.6. The zero-order chi connectivity index (χ0) is 13.5. The molecular weight excluding hydrogens is 250 g/mol. The zero-order valence-electron chi connectivity index (χ0n) is 11.1. The fourth-order valence-corrected chi connectivity index (χ4v) is 1.89. The van der Waals surface area contributed by atoms with Crippen molar-refractivity contribution < 1.29 is 9.53 Å². The number of carbonyl (C=O) groups excluding carboxylic acids is 1. The lowest BCUT2D eigenvalue weighted by Crippen LogP contribution is -2.36. The molecule has 0 unspecified atom stereocenters. The summed E-state index contributed by atoms with van der Waals surface area (Å²) in [5.74, 6) is 1.11. The number of rotatable bonds is 6. The minimum atomic E-state index is -0.0990. The van der Waals surface area contributed by atoms with E-state index in [0.717, 1.165) is 6.42 Å². The van der Waals surface area contributed by atoms with Gasteiger partial charge in [-0.2, -0.15) is 0 Å². The second kappa shape index (κ2) is 7.27. The zero-order valence-corrected chi connectivity index (χ0v) is 11.8. The van der Waals surface area contributed by atoms with E-state index < -0.39 is 0 Å². The van der Waals surface area contributed by atoms with E-state index in [4.69, 9.17) is 16.3 Å². The summed E-state index contributed by atoms with van der Waals surface area (Å²) >= 11 is 5.76. The first-order valence-corrected chi connectivity index (χ1v) is 6.53. The third kappa shape index (κ3) is 5.92. The van der Waals surface area contributed by atoms with E-state index in [9.17, 15) is 4.79 Å². The second-order valence-corrected chi connectivity index (χ2v) is 5.28.